The van der Waals surface area contributed by atoms with Crippen molar-refractivity contribution in [1.82, 2.24) is 4.98 Å². The van der Waals surface area contributed by atoms with Gasteiger partial charge in [-0.1, -0.05) is 6.07 Å². The molecule has 0 radical (unpaired) electrons. The first-order valence-electron chi connectivity index (χ1n) is 4.76. The minimum Gasteiger partial charge on any atom is -0.376 e. The number of nitrogens with two attached hydrogens (primary N) is 1. The van der Waals surface area contributed by atoms with Crippen LogP contribution in [0.2, 0.25) is 0 Å². The predicted octanol–water partition coefficient (Wildman–Crippen LogP) is 1.49. The molecule has 4 nitrogen and oxygen atoms in total. The Kier molecular flexibility index (Phi) is 2.62. The first kappa shape index (κ1) is 10.6. The number of pyridine rings is 1. The standard InChI is InChI=1S/C11H11N3OS/c1-6-4-10(15)14-9-5-7(13-11(12)16)2-3-8(6)9/h2-5H,1H3,(H,14,15)(H3,12,13,16). The van der Waals surface area contributed by atoms with Crippen LogP contribution in [-0.4, -0.2) is 10.1 Å². The van der Waals surface area contributed by atoms with Crippen LogP contribution in [0.15, 0.2) is 29.1 Å². The molecule has 0 bridgehead atoms. The van der Waals surface area contributed by atoms with Crippen LogP contribution in [0.1, 0.15) is 5.56 Å². The number of H-pyrrole nitrogens is 1. The van der Waals surface area contributed by atoms with Crippen molar-refractivity contribution in [3.63, 3.8) is 0 Å². The smallest absolute Gasteiger partial charge is 0.248 e. The third-order valence-corrected chi connectivity index (χ3v) is 2.42. The Bertz CT molecular complexity index is 618. The molecule has 82 valence electrons. The molecular formula is C11H11N3OS. The molecule has 0 aliphatic heterocycles. The number of nitrogens with one attached hydrogen (secondary N) is 2. The number of anilines is 1. The number of thiocarbonyl (C=S) groups is 1. The fourth-order valence-electron chi connectivity index (χ4n) is 1.65. The third kappa shape index (κ3) is 2.04. The average Bonchev–Trinajstić information content (AvgIpc) is 2.15. The molecule has 16 heavy (non-hydrogen) atoms. The van der Waals surface area contributed by atoms with Gasteiger partial charge in [-0.3, -0.25) is 4.79 Å². The first-order chi connectivity index (χ1) is 7.56. The average molecular weight is 233 g/mol. The van der Waals surface area contributed by atoms with Crippen LogP contribution in [0.5, 0.6) is 0 Å². The summed E-state index contributed by atoms with van der Waals surface area (Å²) in [6, 6.07) is 7.17. The van der Waals surface area contributed by atoms with Crippen molar-refractivity contribution >= 4 is 33.9 Å². The molecule has 0 atom stereocenters. The Morgan fingerprint density at radius 2 is 2.19 bits per heavy atom. The van der Waals surface area contributed by atoms with E-state index in [1.165, 1.54) is 0 Å². The van der Waals surface area contributed by atoms with E-state index in [0.29, 0.717) is 0 Å². The van der Waals surface area contributed by atoms with Crippen LogP contribution in [0.4, 0.5) is 5.69 Å². The number of hydrogen-bond donors (Lipinski definition) is 3. The molecule has 0 saturated heterocycles. The van der Waals surface area contributed by atoms with Crippen LogP contribution < -0.4 is 16.6 Å². The molecule has 2 rings (SSSR count). The van der Waals surface area contributed by atoms with Gasteiger partial charge in [0, 0.05) is 17.1 Å². The van der Waals surface area contributed by atoms with Gasteiger partial charge in [-0.2, -0.15) is 0 Å². The number of aromatic amines is 1. The molecule has 0 unspecified atom stereocenters. The maximum Gasteiger partial charge on any atom is 0.248 e. The van der Waals surface area contributed by atoms with Crippen LogP contribution in [-0.2, 0) is 0 Å². The molecule has 0 spiro atoms. The number of fused-ring (bicyclic) bond motifs is 1. The summed E-state index contributed by atoms with van der Waals surface area (Å²) < 4.78 is 0. The fourth-order valence-corrected chi connectivity index (χ4v) is 1.77. The highest BCUT2D eigenvalue weighted by Crippen LogP contribution is 2.18. The zero-order valence-corrected chi connectivity index (χ0v) is 9.52. The predicted molar refractivity (Wildman–Crippen MR) is 69.7 cm³/mol. The van der Waals surface area contributed by atoms with Crippen LogP contribution >= 0.6 is 12.2 Å². The Morgan fingerprint density at radius 3 is 2.88 bits per heavy atom. The summed E-state index contributed by atoms with van der Waals surface area (Å²) in [6.07, 6.45) is 0. The van der Waals surface area contributed by atoms with E-state index >= 15 is 0 Å². The van der Waals surface area contributed by atoms with Gasteiger partial charge in [0.05, 0.1) is 5.52 Å². The summed E-state index contributed by atoms with van der Waals surface area (Å²) in [6.45, 7) is 1.90. The van der Waals surface area contributed by atoms with Crippen LogP contribution in [0.3, 0.4) is 0 Å². The van der Waals surface area contributed by atoms with Gasteiger partial charge < -0.3 is 16.0 Å². The molecule has 0 fully saturated rings. The number of aromatic nitrogens is 1. The molecule has 0 aliphatic carbocycles. The summed E-state index contributed by atoms with van der Waals surface area (Å²) in [7, 11) is 0. The van der Waals surface area contributed by atoms with Crippen molar-refractivity contribution in [1.29, 1.82) is 0 Å². The van der Waals surface area contributed by atoms with Gasteiger partial charge in [0.15, 0.2) is 5.11 Å². The van der Waals surface area contributed by atoms with E-state index in [0.717, 1.165) is 22.2 Å². The highest BCUT2D eigenvalue weighted by Gasteiger charge is 2.01. The van der Waals surface area contributed by atoms with Gasteiger partial charge in [0.2, 0.25) is 5.56 Å². The molecule has 1 aromatic carbocycles. The van der Waals surface area contributed by atoms with Gasteiger partial charge in [-0.15, -0.1) is 0 Å². The van der Waals surface area contributed by atoms with Crippen LogP contribution in [0.25, 0.3) is 10.9 Å². The summed E-state index contributed by atoms with van der Waals surface area (Å²) in [4.78, 5) is 14.1. The van der Waals surface area contributed by atoms with E-state index in [9.17, 15) is 4.79 Å². The van der Waals surface area contributed by atoms with E-state index < -0.39 is 0 Å². The lowest BCUT2D eigenvalue weighted by molar-refractivity contribution is 1.28. The molecule has 0 aliphatic rings. The second-order valence-electron chi connectivity index (χ2n) is 3.57. The van der Waals surface area contributed by atoms with Gasteiger partial charge in [-0.05, 0) is 36.8 Å². The third-order valence-electron chi connectivity index (χ3n) is 2.32. The zero-order chi connectivity index (χ0) is 11.7. The second-order valence-corrected chi connectivity index (χ2v) is 4.01. The molecule has 0 saturated carbocycles. The number of aryl methyl sites for hydroxylation is 1. The fraction of sp³-hybridized carbons (Fsp3) is 0.0909. The summed E-state index contributed by atoms with van der Waals surface area (Å²) >= 11 is 4.75. The van der Waals surface area contributed by atoms with Gasteiger partial charge >= 0.3 is 0 Å². The number of hydrogen-bond acceptors (Lipinski definition) is 2. The zero-order valence-electron chi connectivity index (χ0n) is 8.70. The summed E-state index contributed by atoms with van der Waals surface area (Å²) in [5.74, 6) is 0. The molecule has 4 N–H and O–H groups in total. The van der Waals surface area contributed by atoms with E-state index in [4.69, 9.17) is 18.0 Å². The Balaban J connectivity index is 2.61. The lowest BCUT2D eigenvalue weighted by Gasteiger charge is -2.06. The van der Waals surface area contributed by atoms with E-state index in [2.05, 4.69) is 10.3 Å². The van der Waals surface area contributed by atoms with Gasteiger partial charge in [-0.25, -0.2) is 0 Å². The monoisotopic (exact) mass is 233 g/mol. The molecule has 1 heterocycles. The Morgan fingerprint density at radius 1 is 1.44 bits per heavy atom. The normalized spacial score (nSPS) is 10.3. The van der Waals surface area contributed by atoms with Crippen molar-refractivity contribution in [3.05, 3.63) is 40.2 Å². The van der Waals surface area contributed by atoms with Crippen molar-refractivity contribution < 1.29 is 0 Å². The Labute approximate surface area is 97.5 Å². The van der Waals surface area contributed by atoms with E-state index in [-0.39, 0.29) is 10.7 Å². The largest absolute Gasteiger partial charge is 0.376 e. The minimum absolute atomic E-state index is 0.113. The van der Waals surface area contributed by atoms with Gasteiger partial charge in [0.1, 0.15) is 0 Å². The van der Waals surface area contributed by atoms with Crippen molar-refractivity contribution in [2.24, 2.45) is 5.73 Å². The lowest BCUT2D eigenvalue weighted by Crippen LogP contribution is -2.18. The van der Waals surface area contributed by atoms with Crippen molar-refractivity contribution in [2.75, 3.05) is 5.32 Å². The summed E-state index contributed by atoms with van der Waals surface area (Å²) in [5.41, 5.74) is 7.74. The quantitative estimate of drug-likeness (QED) is 0.653. The maximum absolute atomic E-state index is 11.3. The maximum atomic E-state index is 11.3. The molecule has 2 aromatic rings. The molecular weight excluding hydrogens is 222 g/mol. The van der Waals surface area contributed by atoms with Crippen LogP contribution in [0, 0.1) is 6.92 Å². The second kappa shape index (κ2) is 3.94. The number of rotatable bonds is 1. The highest BCUT2D eigenvalue weighted by atomic mass is 32.1. The van der Waals surface area contributed by atoms with Crippen molar-refractivity contribution in [3.8, 4) is 0 Å². The first-order valence-corrected chi connectivity index (χ1v) is 5.17. The van der Waals surface area contributed by atoms with Gasteiger partial charge in [0.25, 0.3) is 0 Å². The highest BCUT2D eigenvalue weighted by molar-refractivity contribution is 7.80. The molecule has 5 heteroatoms. The topological polar surface area (TPSA) is 70.9 Å². The Hall–Kier alpha value is -1.88. The van der Waals surface area contributed by atoms with Crippen molar-refractivity contribution in [2.45, 2.75) is 6.92 Å². The lowest BCUT2D eigenvalue weighted by atomic mass is 10.1. The SMILES string of the molecule is Cc1cc(=O)[nH]c2cc(NC(N)=S)ccc12. The minimum atomic E-state index is -0.113. The van der Waals surface area contributed by atoms with E-state index in [1.54, 1.807) is 6.07 Å². The molecule has 0 amide bonds. The molecule has 1 aromatic heterocycles. The number of benzene rings is 1. The van der Waals surface area contributed by atoms with E-state index in [1.807, 2.05) is 25.1 Å². The summed E-state index contributed by atoms with van der Waals surface area (Å²) in [5, 5.41) is 4.03.